The zero-order valence-electron chi connectivity index (χ0n) is 11.1. The number of rotatable bonds is 1. The summed E-state index contributed by atoms with van der Waals surface area (Å²) in [6.07, 6.45) is 0.826. The summed E-state index contributed by atoms with van der Waals surface area (Å²) in [5, 5.41) is 3.21. The molecule has 5 nitrogen and oxygen atoms in total. The lowest BCUT2D eigenvalue weighted by Gasteiger charge is -2.20. The Balaban J connectivity index is 1.71. The first-order valence-electron chi connectivity index (χ1n) is 6.96. The molecule has 0 saturated carbocycles. The van der Waals surface area contributed by atoms with Crippen LogP contribution in [0.15, 0.2) is 29.1 Å². The topological polar surface area (TPSA) is 61.0 Å². The standard InChI is InChI=1S/C15H16N4O/c20-14-12-7-16-6-5-13(12)17-15(18-14)19-8-10-3-1-2-4-11(10)9-19/h1-4,16H,5-9H2,(H,17,18,20). The molecule has 2 aromatic rings. The molecule has 2 N–H and O–H groups in total. The number of nitrogens with zero attached hydrogens (tertiary/aromatic N) is 2. The van der Waals surface area contributed by atoms with Crippen LogP contribution in [0.5, 0.6) is 0 Å². The molecule has 1 aromatic carbocycles. The van der Waals surface area contributed by atoms with Gasteiger partial charge in [-0.05, 0) is 11.1 Å². The molecule has 2 aliphatic heterocycles. The first kappa shape index (κ1) is 11.7. The Kier molecular flexibility index (Phi) is 2.60. The van der Waals surface area contributed by atoms with Gasteiger partial charge in [-0.25, -0.2) is 4.98 Å². The van der Waals surface area contributed by atoms with Crippen LogP contribution in [0, 0.1) is 0 Å². The molecule has 0 fully saturated rings. The van der Waals surface area contributed by atoms with Gasteiger partial charge in [0.15, 0.2) is 0 Å². The number of benzene rings is 1. The molecule has 0 atom stereocenters. The fraction of sp³-hybridized carbons (Fsp3) is 0.333. The largest absolute Gasteiger partial charge is 0.334 e. The normalized spacial score (nSPS) is 16.9. The number of nitrogens with one attached hydrogen (secondary N) is 2. The average Bonchev–Trinajstić information content (AvgIpc) is 2.91. The predicted molar refractivity (Wildman–Crippen MR) is 76.6 cm³/mol. The van der Waals surface area contributed by atoms with E-state index in [0.717, 1.165) is 37.3 Å². The maximum Gasteiger partial charge on any atom is 0.257 e. The molecule has 0 bridgehead atoms. The first-order valence-corrected chi connectivity index (χ1v) is 6.96. The van der Waals surface area contributed by atoms with E-state index in [-0.39, 0.29) is 5.56 Å². The summed E-state index contributed by atoms with van der Waals surface area (Å²) in [7, 11) is 0. The van der Waals surface area contributed by atoms with Crippen molar-refractivity contribution in [3.8, 4) is 0 Å². The van der Waals surface area contributed by atoms with E-state index in [1.165, 1.54) is 11.1 Å². The highest BCUT2D eigenvalue weighted by molar-refractivity contribution is 5.44. The zero-order chi connectivity index (χ0) is 13.5. The third-order valence-electron chi connectivity index (χ3n) is 4.07. The van der Waals surface area contributed by atoms with Gasteiger partial charge < -0.3 is 10.2 Å². The molecule has 102 valence electrons. The molecule has 20 heavy (non-hydrogen) atoms. The van der Waals surface area contributed by atoms with E-state index in [1.54, 1.807) is 0 Å². The number of hydrogen-bond acceptors (Lipinski definition) is 4. The summed E-state index contributed by atoms with van der Waals surface area (Å²) in [4.78, 5) is 21.9. The van der Waals surface area contributed by atoms with Crippen LogP contribution in [-0.4, -0.2) is 16.5 Å². The van der Waals surface area contributed by atoms with Crippen LogP contribution in [-0.2, 0) is 26.1 Å². The lowest BCUT2D eigenvalue weighted by Crippen LogP contribution is -2.33. The minimum atomic E-state index is -0.00634. The summed E-state index contributed by atoms with van der Waals surface area (Å²) in [5.74, 6) is 0.701. The fourth-order valence-corrected chi connectivity index (χ4v) is 2.97. The third-order valence-corrected chi connectivity index (χ3v) is 4.07. The van der Waals surface area contributed by atoms with Crippen LogP contribution in [0.4, 0.5) is 5.95 Å². The second kappa shape index (κ2) is 4.45. The second-order valence-corrected chi connectivity index (χ2v) is 5.37. The molecule has 0 radical (unpaired) electrons. The van der Waals surface area contributed by atoms with Crippen molar-refractivity contribution in [1.82, 2.24) is 15.3 Å². The van der Waals surface area contributed by atoms with Crippen molar-refractivity contribution in [2.24, 2.45) is 0 Å². The second-order valence-electron chi connectivity index (χ2n) is 5.37. The number of hydrogen-bond donors (Lipinski definition) is 2. The van der Waals surface area contributed by atoms with Crippen molar-refractivity contribution in [3.63, 3.8) is 0 Å². The maximum absolute atomic E-state index is 12.2. The molecule has 0 aliphatic carbocycles. The van der Waals surface area contributed by atoms with E-state index >= 15 is 0 Å². The Bertz CT molecular complexity index is 697. The summed E-state index contributed by atoms with van der Waals surface area (Å²) >= 11 is 0. The van der Waals surface area contributed by atoms with E-state index in [1.807, 2.05) is 0 Å². The third kappa shape index (κ3) is 1.82. The molecule has 0 amide bonds. The smallest absolute Gasteiger partial charge is 0.257 e. The van der Waals surface area contributed by atoms with Crippen molar-refractivity contribution in [2.45, 2.75) is 26.1 Å². The highest BCUT2D eigenvalue weighted by Gasteiger charge is 2.22. The van der Waals surface area contributed by atoms with Crippen molar-refractivity contribution in [3.05, 3.63) is 57.0 Å². The van der Waals surface area contributed by atoms with Crippen molar-refractivity contribution in [1.29, 1.82) is 0 Å². The Morgan fingerprint density at radius 1 is 1.15 bits per heavy atom. The molecule has 4 rings (SSSR count). The Morgan fingerprint density at radius 3 is 2.65 bits per heavy atom. The van der Waals surface area contributed by atoms with E-state index in [2.05, 4.69) is 44.5 Å². The van der Waals surface area contributed by atoms with Gasteiger partial charge in [0.1, 0.15) is 0 Å². The quantitative estimate of drug-likeness (QED) is 0.808. The van der Waals surface area contributed by atoms with Gasteiger partial charge in [-0.1, -0.05) is 24.3 Å². The first-order chi connectivity index (χ1) is 9.81. The molecule has 2 aliphatic rings. The minimum Gasteiger partial charge on any atom is -0.334 e. The molecule has 3 heterocycles. The molecule has 0 saturated heterocycles. The van der Waals surface area contributed by atoms with Gasteiger partial charge >= 0.3 is 0 Å². The number of fused-ring (bicyclic) bond motifs is 2. The van der Waals surface area contributed by atoms with Gasteiger partial charge in [-0.2, -0.15) is 0 Å². The van der Waals surface area contributed by atoms with Crippen LogP contribution in [0.3, 0.4) is 0 Å². The maximum atomic E-state index is 12.2. The summed E-state index contributed by atoms with van der Waals surface area (Å²) in [6.45, 7) is 3.15. The molecule has 1 aromatic heterocycles. The van der Waals surface area contributed by atoms with E-state index in [0.29, 0.717) is 12.5 Å². The predicted octanol–water partition coefficient (Wildman–Crippen LogP) is 0.936. The molecular formula is C15H16N4O. The average molecular weight is 268 g/mol. The van der Waals surface area contributed by atoms with Gasteiger partial charge in [0.25, 0.3) is 5.56 Å². The Labute approximate surface area is 116 Å². The Morgan fingerprint density at radius 2 is 1.90 bits per heavy atom. The van der Waals surface area contributed by atoms with Crippen LogP contribution in [0.1, 0.15) is 22.4 Å². The number of anilines is 1. The number of aromatic nitrogens is 2. The highest BCUT2D eigenvalue weighted by atomic mass is 16.1. The van der Waals surface area contributed by atoms with Gasteiger partial charge in [0.2, 0.25) is 5.95 Å². The van der Waals surface area contributed by atoms with Crippen LogP contribution in [0.2, 0.25) is 0 Å². The summed E-state index contributed by atoms with van der Waals surface area (Å²) in [6, 6.07) is 8.37. The molecule has 0 unspecified atom stereocenters. The summed E-state index contributed by atoms with van der Waals surface area (Å²) < 4.78 is 0. The lowest BCUT2D eigenvalue weighted by atomic mass is 10.1. The van der Waals surface area contributed by atoms with Crippen molar-refractivity contribution >= 4 is 5.95 Å². The molecule has 5 heteroatoms. The van der Waals surface area contributed by atoms with E-state index < -0.39 is 0 Å². The zero-order valence-corrected chi connectivity index (χ0v) is 11.1. The Hall–Kier alpha value is -2.14. The van der Waals surface area contributed by atoms with E-state index in [4.69, 9.17) is 0 Å². The van der Waals surface area contributed by atoms with Gasteiger partial charge in [-0.15, -0.1) is 0 Å². The molecule has 0 spiro atoms. The monoisotopic (exact) mass is 268 g/mol. The lowest BCUT2D eigenvalue weighted by molar-refractivity contribution is 0.617. The SMILES string of the molecule is O=c1[nH]c(N2Cc3ccccc3C2)nc2c1CNCC2. The number of aromatic amines is 1. The van der Waals surface area contributed by atoms with Crippen LogP contribution >= 0.6 is 0 Å². The fourth-order valence-electron chi connectivity index (χ4n) is 2.97. The molecular weight excluding hydrogens is 252 g/mol. The highest BCUT2D eigenvalue weighted by Crippen LogP contribution is 2.25. The van der Waals surface area contributed by atoms with Gasteiger partial charge in [-0.3, -0.25) is 9.78 Å². The van der Waals surface area contributed by atoms with Gasteiger partial charge in [0, 0.05) is 32.6 Å². The van der Waals surface area contributed by atoms with Crippen molar-refractivity contribution in [2.75, 3.05) is 11.4 Å². The minimum absolute atomic E-state index is 0.00634. The van der Waals surface area contributed by atoms with Gasteiger partial charge in [0.05, 0.1) is 11.3 Å². The van der Waals surface area contributed by atoms with Crippen molar-refractivity contribution < 1.29 is 0 Å². The summed E-state index contributed by atoms with van der Waals surface area (Å²) in [5.41, 5.74) is 4.35. The van der Waals surface area contributed by atoms with Crippen LogP contribution in [0.25, 0.3) is 0 Å². The van der Waals surface area contributed by atoms with E-state index in [9.17, 15) is 4.79 Å². The number of H-pyrrole nitrogens is 1. The van der Waals surface area contributed by atoms with Crippen LogP contribution < -0.4 is 15.8 Å².